The summed E-state index contributed by atoms with van der Waals surface area (Å²) >= 11 is 9.52. The topological polar surface area (TPSA) is 87.8 Å². The number of aromatic hydroxyl groups is 1. The van der Waals surface area contributed by atoms with Crippen LogP contribution in [-0.2, 0) is 6.42 Å². The van der Waals surface area contributed by atoms with Crippen molar-refractivity contribution in [2.75, 3.05) is 0 Å². The van der Waals surface area contributed by atoms with Crippen molar-refractivity contribution in [3.63, 3.8) is 0 Å². The smallest absolute Gasteiger partial charge is 0.238 e. The number of fused-ring (bicyclic) bond motifs is 1. The van der Waals surface area contributed by atoms with Gasteiger partial charge in [0.05, 0.1) is 17.5 Å². The number of phenolic OH excluding ortho intramolecular Hbond substituents is 1. The van der Waals surface area contributed by atoms with Crippen molar-refractivity contribution in [3.8, 4) is 17.4 Å². The number of nitrogens with zero attached hydrogens (tertiary/aromatic N) is 3. The number of benzene rings is 2. The summed E-state index contributed by atoms with van der Waals surface area (Å²) in [4.78, 5) is 12.0. The molecule has 6 nitrogen and oxygen atoms in total. The zero-order valence-corrected chi connectivity index (χ0v) is 14.5. The first kappa shape index (κ1) is 15.2. The molecule has 2 N–H and O–H groups in total. The van der Waals surface area contributed by atoms with E-state index in [1.165, 1.54) is 6.07 Å². The number of H-pyrrole nitrogens is 1. The largest absolute Gasteiger partial charge is 0.508 e. The summed E-state index contributed by atoms with van der Waals surface area (Å²) in [6, 6.07) is 10.5. The zero-order valence-electron chi connectivity index (χ0n) is 12.1. The van der Waals surface area contributed by atoms with Crippen LogP contribution < -0.4 is 0 Å². The number of rotatable bonds is 3. The van der Waals surface area contributed by atoms with E-state index in [2.05, 4.69) is 36.0 Å². The van der Waals surface area contributed by atoms with Crippen molar-refractivity contribution >= 4 is 38.6 Å². The first-order chi connectivity index (χ1) is 11.6. The molecule has 0 saturated heterocycles. The molecule has 0 atom stereocenters. The second kappa shape index (κ2) is 5.92. The molecule has 0 radical (unpaired) electrons. The molecule has 4 rings (SSSR count). The second-order valence-corrected chi connectivity index (χ2v) is 6.53. The Morgan fingerprint density at radius 2 is 2.04 bits per heavy atom. The first-order valence-electron chi connectivity index (χ1n) is 7.04. The Morgan fingerprint density at radius 1 is 1.17 bits per heavy atom. The quantitative estimate of drug-likeness (QED) is 0.530. The normalized spacial score (nSPS) is 11.2. The van der Waals surface area contributed by atoms with Crippen molar-refractivity contribution in [2.45, 2.75) is 6.42 Å². The third-order valence-electron chi connectivity index (χ3n) is 3.50. The van der Waals surface area contributed by atoms with E-state index in [0.717, 1.165) is 21.1 Å². The number of hydrogen-bond acceptors (Lipinski definition) is 5. The van der Waals surface area contributed by atoms with Gasteiger partial charge in [-0.3, -0.25) is 0 Å². The molecule has 0 spiro atoms. The van der Waals surface area contributed by atoms with Gasteiger partial charge in [-0.2, -0.15) is 4.98 Å². The monoisotopic (exact) mass is 404 g/mol. The molecule has 0 saturated carbocycles. The van der Waals surface area contributed by atoms with Crippen LogP contribution in [0.15, 0.2) is 45.4 Å². The van der Waals surface area contributed by atoms with E-state index in [-0.39, 0.29) is 5.75 Å². The molecule has 0 aliphatic rings. The van der Waals surface area contributed by atoms with Crippen molar-refractivity contribution < 1.29 is 9.63 Å². The first-order valence-corrected chi connectivity index (χ1v) is 8.21. The van der Waals surface area contributed by atoms with Gasteiger partial charge in [0.15, 0.2) is 5.82 Å². The van der Waals surface area contributed by atoms with Crippen LogP contribution in [0, 0.1) is 0 Å². The van der Waals surface area contributed by atoms with Gasteiger partial charge in [-0.25, -0.2) is 4.98 Å². The molecule has 0 aliphatic heterocycles. The van der Waals surface area contributed by atoms with Gasteiger partial charge in [-0.15, -0.1) is 0 Å². The fraction of sp³-hybridized carbons (Fsp3) is 0.0625. The molecule has 0 unspecified atom stereocenters. The van der Waals surface area contributed by atoms with Crippen molar-refractivity contribution in [2.24, 2.45) is 0 Å². The maximum absolute atomic E-state index is 9.39. The average molecular weight is 406 g/mol. The molecule has 120 valence electrons. The molecule has 2 heterocycles. The lowest BCUT2D eigenvalue weighted by Gasteiger charge is -2.00. The Labute approximate surface area is 149 Å². The van der Waals surface area contributed by atoms with Crippen LogP contribution in [-0.4, -0.2) is 25.2 Å². The summed E-state index contributed by atoms with van der Waals surface area (Å²) in [5, 5.41) is 13.8. The minimum Gasteiger partial charge on any atom is -0.508 e. The Balaban J connectivity index is 1.63. The highest BCUT2D eigenvalue weighted by molar-refractivity contribution is 9.10. The Kier molecular flexibility index (Phi) is 3.74. The number of imidazole rings is 1. The van der Waals surface area contributed by atoms with Gasteiger partial charge in [0.1, 0.15) is 5.75 Å². The minimum absolute atomic E-state index is 0.114. The fourth-order valence-electron chi connectivity index (χ4n) is 2.35. The number of aromatic nitrogens is 4. The van der Waals surface area contributed by atoms with E-state index < -0.39 is 0 Å². The van der Waals surface area contributed by atoms with Gasteiger partial charge in [0.2, 0.25) is 11.7 Å². The molecule has 24 heavy (non-hydrogen) atoms. The van der Waals surface area contributed by atoms with Crippen LogP contribution in [0.1, 0.15) is 11.5 Å². The standard InChI is InChI=1S/C16H10BrClN4O2/c17-9-2-4-12-13(6-9)20-15(19-12)16-21-14(24-22-16)5-8-1-3-10(23)7-11(8)18/h1-4,6-7,23H,5H2,(H,19,20). The Morgan fingerprint density at radius 3 is 2.88 bits per heavy atom. The van der Waals surface area contributed by atoms with Crippen LogP contribution in [0.2, 0.25) is 5.02 Å². The maximum atomic E-state index is 9.39. The molecule has 0 bridgehead atoms. The summed E-state index contributed by atoms with van der Waals surface area (Å²) < 4.78 is 6.24. The maximum Gasteiger partial charge on any atom is 0.238 e. The third kappa shape index (κ3) is 2.88. The van der Waals surface area contributed by atoms with E-state index in [1.54, 1.807) is 12.1 Å². The molecule has 0 amide bonds. The highest BCUT2D eigenvalue weighted by atomic mass is 79.9. The van der Waals surface area contributed by atoms with Crippen LogP contribution in [0.3, 0.4) is 0 Å². The van der Waals surface area contributed by atoms with Gasteiger partial charge in [-0.1, -0.05) is 38.8 Å². The SMILES string of the molecule is Oc1ccc(Cc2nc(-c3nc4ccc(Br)cc4[nH]3)no2)c(Cl)c1. The summed E-state index contributed by atoms with van der Waals surface area (Å²) in [5.41, 5.74) is 2.49. The lowest BCUT2D eigenvalue weighted by molar-refractivity contribution is 0.385. The zero-order chi connectivity index (χ0) is 16.7. The number of nitrogens with one attached hydrogen (secondary N) is 1. The molecular weight excluding hydrogens is 396 g/mol. The van der Waals surface area contributed by atoms with Crippen molar-refractivity contribution in [1.82, 2.24) is 20.1 Å². The Bertz CT molecular complexity index is 1040. The van der Waals surface area contributed by atoms with Crippen LogP contribution in [0.4, 0.5) is 0 Å². The predicted octanol–water partition coefficient (Wildman–Crippen LogP) is 4.33. The van der Waals surface area contributed by atoms with E-state index >= 15 is 0 Å². The summed E-state index contributed by atoms with van der Waals surface area (Å²) in [5.74, 6) is 1.45. The van der Waals surface area contributed by atoms with Crippen molar-refractivity contribution in [1.29, 1.82) is 0 Å². The van der Waals surface area contributed by atoms with Crippen LogP contribution in [0.5, 0.6) is 5.75 Å². The fourth-order valence-corrected chi connectivity index (χ4v) is 2.96. The van der Waals surface area contributed by atoms with E-state index in [1.807, 2.05) is 18.2 Å². The van der Waals surface area contributed by atoms with Gasteiger partial charge in [-0.05, 0) is 35.9 Å². The molecule has 2 aromatic carbocycles. The van der Waals surface area contributed by atoms with Crippen LogP contribution in [0.25, 0.3) is 22.7 Å². The third-order valence-corrected chi connectivity index (χ3v) is 4.35. The van der Waals surface area contributed by atoms with Gasteiger partial charge < -0.3 is 14.6 Å². The van der Waals surface area contributed by atoms with Gasteiger partial charge in [0.25, 0.3) is 0 Å². The van der Waals surface area contributed by atoms with E-state index in [9.17, 15) is 5.11 Å². The summed E-state index contributed by atoms with van der Waals surface area (Å²) in [7, 11) is 0. The molecule has 2 aromatic heterocycles. The second-order valence-electron chi connectivity index (χ2n) is 5.21. The van der Waals surface area contributed by atoms with Crippen LogP contribution >= 0.6 is 27.5 Å². The molecule has 0 aliphatic carbocycles. The highest BCUT2D eigenvalue weighted by Crippen LogP contribution is 2.25. The average Bonchev–Trinajstić information content (AvgIpc) is 3.16. The summed E-state index contributed by atoms with van der Waals surface area (Å²) in [6.07, 6.45) is 0.373. The Hall–Kier alpha value is -2.38. The predicted molar refractivity (Wildman–Crippen MR) is 93.0 cm³/mol. The number of hydrogen-bond donors (Lipinski definition) is 2. The molecule has 4 aromatic rings. The number of phenols is 1. The lowest BCUT2D eigenvalue weighted by atomic mass is 10.1. The van der Waals surface area contributed by atoms with Gasteiger partial charge >= 0.3 is 0 Å². The lowest BCUT2D eigenvalue weighted by Crippen LogP contribution is -1.90. The summed E-state index contributed by atoms with van der Waals surface area (Å²) in [6.45, 7) is 0. The number of halogens is 2. The van der Waals surface area contributed by atoms with Crippen molar-refractivity contribution in [3.05, 3.63) is 57.3 Å². The minimum atomic E-state index is 0.114. The molecule has 8 heteroatoms. The van der Waals surface area contributed by atoms with E-state index in [4.69, 9.17) is 16.1 Å². The van der Waals surface area contributed by atoms with Gasteiger partial charge in [0, 0.05) is 9.50 Å². The molecule has 0 fully saturated rings. The molecular formula is C16H10BrClN4O2. The number of aromatic amines is 1. The highest BCUT2D eigenvalue weighted by Gasteiger charge is 2.14. The van der Waals surface area contributed by atoms with E-state index in [0.29, 0.717) is 29.0 Å².